The molecule has 2 rings (SSSR count). The monoisotopic (exact) mass is 372 g/mol. The van der Waals surface area contributed by atoms with Crippen LogP contribution in [-0.2, 0) is 16.4 Å². The van der Waals surface area contributed by atoms with E-state index in [-0.39, 0.29) is 17.3 Å². The Hall–Kier alpha value is -1.44. The first-order chi connectivity index (χ1) is 9.88. The van der Waals surface area contributed by atoms with E-state index < -0.39 is 10.0 Å². The van der Waals surface area contributed by atoms with Crippen molar-refractivity contribution in [3.63, 3.8) is 0 Å². The third-order valence-corrected chi connectivity index (χ3v) is 5.32. The van der Waals surface area contributed by atoms with Gasteiger partial charge < -0.3 is 5.73 Å². The van der Waals surface area contributed by atoms with E-state index in [0.717, 1.165) is 5.56 Å². The summed E-state index contributed by atoms with van der Waals surface area (Å²) in [7, 11) is -3.64. The van der Waals surface area contributed by atoms with Gasteiger partial charge in [0.15, 0.2) is 0 Å². The number of rotatable bonds is 5. The van der Waals surface area contributed by atoms with Gasteiger partial charge in [-0.25, -0.2) is 17.5 Å². The molecule has 0 amide bonds. The first kappa shape index (κ1) is 15.9. The topological polar surface area (TPSA) is 72.2 Å². The lowest BCUT2D eigenvalue weighted by atomic mass is 10.1. The highest BCUT2D eigenvalue weighted by atomic mass is 79.9. The Bertz CT molecular complexity index is 733. The molecule has 0 aliphatic heterocycles. The fourth-order valence-electron chi connectivity index (χ4n) is 1.78. The van der Waals surface area contributed by atoms with Gasteiger partial charge in [0.05, 0.1) is 4.90 Å². The van der Waals surface area contributed by atoms with Gasteiger partial charge in [0.1, 0.15) is 5.82 Å². The molecule has 0 heterocycles. The Morgan fingerprint density at radius 1 is 1.14 bits per heavy atom. The minimum Gasteiger partial charge on any atom is -0.399 e. The molecule has 2 aromatic rings. The maximum absolute atomic E-state index is 12.8. The molecule has 21 heavy (non-hydrogen) atoms. The summed E-state index contributed by atoms with van der Waals surface area (Å²) < 4.78 is 40.1. The lowest BCUT2D eigenvalue weighted by Gasteiger charge is -2.09. The SMILES string of the molecule is Nc1ccc(Br)c(S(=O)(=O)NCCc2ccc(F)cc2)c1. The zero-order chi connectivity index (χ0) is 15.5. The molecule has 0 radical (unpaired) electrons. The highest BCUT2D eigenvalue weighted by molar-refractivity contribution is 9.10. The number of sulfonamides is 1. The summed E-state index contributed by atoms with van der Waals surface area (Å²) in [6, 6.07) is 10.5. The summed E-state index contributed by atoms with van der Waals surface area (Å²) in [4.78, 5) is 0.0987. The van der Waals surface area contributed by atoms with Crippen molar-refractivity contribution < 1.29 is 12.8 Å². The van der Waals surface area contributed by atoms with E-state index in [2.05, 4.69) is 20.7 Å². The van der Waals surface area contributed by atoms with E-state index in [1.807, 2.05) is 0 Å². The van der Waals surface area contributed by atoms with Crippen LogP contribution in [0.4, 0.5) is 10.1 Å². The van der Waals surface area contributed by atoms with Crippen LogP contribution in [0, 0.1) is 5.82 Å². The van der Waals surface area contributed by atoms with Crippen LogP contribution in [0.1, 0.15) is 5.56 Å². The number of halogens is 2. The summed E-state index contributed by atoms with van der Waals surface area (Å²) in [5.41, 5.74) is 6.83. The predicted octanol–water partition coefficient (Wildman–Crippen LogP) is 2.69. The Morgan fingerprint density at radius 2 is 1.81 bits per heavy atom. The second-order valence-corrected chi connectivity index (χ2v) is 7.05. The normalized spacial score (nSPS) is 11.5. The molecule has 2 aromatic carbocycles. The van der Waals surface area contributed by atoms with Gasteiger partial charge in [0.25, 0.3) is 0 Å². The van der Waals surface area contributed by atoms with Crippen molar-refractivity contribution in [1.29, 1.82) is 0 Å². The van der Waals surface area contributed by atoms with Crippen molar-refractivity contribution in [3.8, 4) is 0 Å². The van der Waals surface area contributed by atoms with Gasteiger partial charge >= 0.3 is 0 Å². The first-order valence-corrected chi connectivity index (χ1v) is 8.45. The first-order valence-electron chi connectivity index (χ1n) is 6.17. The van der Waals surface area contributed by atoms with E-state index >= 15 is 0 Å². The summed E-state index contributed by atoms with van der Waals surface area (Å²) in [5, 5.41) is 0. The van der Waals surface area contributed by atoms with E-state index in [9.17, 15) is 12.8 Å². The van der Waals surface area contributed by atoms with Gasteiger partial charge in [-0.2, -0.15) is 0 Å². The summed E-state index contributed by atoms with van der Waals surface area (Å²) >= 11 is 3.19. The zero-order valence-corrected chi connectivity index (χ0v) is 13.4. The summed E-state index contributed by atoms with van der Waals surface area (Å²) in [5.74, 6) is -0.317. The van der Waals surface area contributed by atoms with Crippen LogP contribution in [0.3, 0.4) is 0 Å². The van der Waals surface area contributed by atoms with Crippen LogP contribution in [0.25, 0.3) is 0 Å². The minimum atomic E-state index is -3.64. The second kappa shape index (κ2) is 6.55. The van der Waals surface area contributed by atoms with Crippen molar-refractivity contribution in [1.82, 2.24) is 4.72 Å². The fourth-order valence-corrected chi connectivity index (χ4v) is 3.81. The van der Waals surface area contributed by atoms with E-state index in [1.54, 1.807) is 24.3 Å². The smallest absolute Gasteiger partial charge is 0.241 e. The van der Waals surface area contributed by atoms with Gasteiger partial charge in [-0.3, -0.25) is 0 Å². The average molecular weight is 373 g/mol. The molecule has 0 spiro atoms. The molecule has 3 N–H and O–H groups in total. The molecule has 0 aliphatic carbocycles. The van der Waals surface area contributed by atoms with Crippen molar-refractivity contribution >= 4 is 31.6 Å². The van der Waals surface area contributed by atoms with Crippen molar-refractivity contribution in [2.24, 2.45) is 0 Å². The molecule has 0 saturated heterocycles. The van der Waals surface area contributed by atoms with Gasteiger partial charge in [0, 0.05) is 16.7 Å². The van der Waals surface area contributed by atoms with E-state index in [0.29, 0.717) is 16.6 Å². The number of hydrogen-bond acceptors (Lipinski definition) is 3. The molecule has 0 aliphatic rings. The maximum atomic E-state index is 12.8. The van der Waals surface area contributed by atoms with E-state index in [1.165, 1.54) is 18.2 Å². The molecular formula is C14H14BrFN2O2S. The molecule has 0 atom stereocenters. The van der Waals surface area contributed by atoms with Crippen molar-refractivity contribution in [2.45, 2.75) is 11.3 Å². The van der Waals surface area contributed by atoms with Gasteiger partial charge in [-0.1, -0.05) is 12.1 Å². The molecule has 0 saturated carbocycles. The highest BCUT2D eigenvalue weighted by Gasteiger charge is 2.17. The van der Waals surface area contributed by atoms with Crippen LogP contribution < -0.4 is 10.5 Å². The molecule has 0 fully saturated rings. The number of hydrogen-bond donors (Lipinski definition) is 2. The van der Waals surface area contributed by atoms with Gasteiger partial charge in [-0.15, -0.1) is 0 Å². The molecule has 112 valence electrons. The Labute approximate surface area is 131 Å². The molecule has 4 nitrogen and oxygen atoms in total. The Morgan fingerprint density at radius 3 is 2.48 bits per heavy atom. The fraction of sp³-hybridized carbons (Fsp3) is 0.143. The molecule has 0 bridgehead atoms. The Kier molecular flexibility index (Phi) is 4.97. The number of nitrogens with one attached hydrogen (secondary N) is 1. The standard InChI is InChI=1S/C14H14BrFN2O2S/c15-13-6-5-12(17)9-14(13)21(19,20)18-8-7-10-1-3-11(16)4-2-10/h1-6,9,18H,7-8,17H2. The van der Waals surface area contributed by atoms with Crippen molar-refractivity contribution in [3.05, 3.63) is 58.3 Å². The van der Waals surface area contributed by atoms with Crippen molar-refractivity contribution in [2.75, 3.05) is 12.3 Å². The Balaban J connectivity index is 2.04. The third kappa shape index (κ3) is 4.26. The van der Waals surface area contributed by atoms with Gasteiger partial charge in [0.2, 0.25) is 10.0 Å². The summed E-state index contributed by atoms with van der Waals surface area (Å²) in [6.07, 6.45) is 0.472. The second-order valence-electron chi connectivity index (χ2n) is 4.46. The zero-order valence-electron chi connectivity index (χ0n) is 11.0. The average Bonchev–Trinajstić information content (AvgIpc) is 2.43. The quantitative estimate of drug-likeness (QED) is 0.792. The third-order valence-electron chi connectivity index (χ3n) is 2.86. The summed E-state index contributed by atoms with van der Waals surface area (Å²) in [6.45, 7) is 0.217. The molecule has 0 unspecified atom stereocenters. The predicted molar refractivity (Wildman–Crippen MR) is 83.8 cm³/mol. The molecule has 0 aromatic heterocycles. The van der Waals surface area contributed by atoms with E-state index in [4.69, 9.17) is 5.73 Å². The minimum absolute atomic E-state index is 0.0987. The maximum Gasteiger partial charge on any atom is 0.241 e. The van der Waals surface area contributed by atoms with Crippen LogP contribution in [0.5, 0.6) is 0 Å². The largest absolute Gasteiger partial charge is 0.399 e. The van der Waals surface area contributed by atoms with Gasteiger partial charge in [-0.05, 0) is 58.2 Å². The number of nitrogens with two attached hydrogens (primary N) is 1. The van der Waals surface area contributed by atoms with Crippen LogP contribution in [0.15, 0.2) is 51.8 Å². The molecular weight excluding hydrogens is 359 g/mol. The molecule has 7 heteroatoms. The van der Waals surface area contributed by atoms with Crippen LogP contribution in [-0.4, -0.2) is 15.0 Å². The lowest BCUT2D eigenvalue weighted by molar-refractivity contribution is 0.581. The number of nitrogen functional groups attached to an aromatic ring is 1. The lowest BCUT2D eigenvalue weighted by Crippen LogP contribution is -2.26. The number of anilines is 1. The van der Waals surface area contributed by atoms with Crippen LogP contribution >= 0.6 is 15.9 Å². The van der Waals surface area contributed by atoms with Crippen LogP contribution in [0.2, 0.25) is 0 Å². The highest BCUT2D eigenvalue weighted by Crippen LogP contribution is 2.23. The number of benzene rings is 2.